The van der Waals surface area contributed by atoms with Crippen LogP contribution in [0.2, 0.25) is 0 Å². The van der Waals surface area contributed by atoms with E-state index in [1.807, 2.05) is 0 Å². The molecule has 0 radical (unpaired) electrons. The van der Waals surface area contributed by atoms with Crippen LogP contribution in [0.5, 0.6) is 0 Å². The van der Waals surface area contributed by atoms with Crippen LogP contribution in [0.3, 0.4) is 0 Å². The van der Waals surface area contributed by atoms with Crippen LogP contribution in [-0.2, 0) is 11.3 Å². The summed E-state index contributed by atoms with van der Waals surface area (Å²) < 4.78 is 0. The van der Waals surface area contributed by atoms with Crippen LogP contribution in [0.1, 0.15) is 31.2 Å². The second-order valence-corrected chi connectivity index (χ2v) is 9.18. The number of aliphatic carboxylic acids is 1. The summed E-state index contributed by atoms with van der Waals surface area (Å²) in [6.45, 7) is 2.88. The number of likely N-dealkylation sites (tertiary alicyclic amines) is 1. The van der Waals surface area contributed by atoms with Gasteiger partial charge in [0, 0.05) is 42.9 Å². The average molecular weight is 435 g/mol. The van der Waals surface area contributed by atoms with Crippen molar-refractivity contribution in [3.63, 3.8) is 0 Å². The number of nitrogens with zero attached hydrogens (tertiary/aromatic N) is 3. The van der Waals surface area contributed by atoms with Crippen molar-refractivity contribution < 1.29 is 61.3 Å². The van der Waals surface area contributed by atoms with E-state index < -0.39 is 5.97 Å². The summed E-state index contributed by atoms with van der Waals surface area (Å²) in [7, 11) is 0. The zero-order valence-corrected chi connectivity index (χ0v) is 20.6. The van der Waals surface area contributed by atoms with Crippen molar-refractivity contribution in [3.8, 4) is 0 Å². The number of rotatable bonds is 4. The molecule has 1 aromatic heterocycles. The molecule has 1 aromatic carbocycles. The molecule has 2 unspecified atom stereocenters. The van der Waals surface area contributed by atoms with Gasteiger partial charge < -0.3 is 15.2 Å². The number of carbonyl (C=O) groups excluding carboxylic acids is 1. The molecule has 29 heavy (non-hydrogen) atoms. The van der Waals surface area contributed by atoms with Crippen molar-refractivity contribution in [1.82, 2.24) is 14.9 Å². The molecule has 5 rings (SSSR count). The molecule has 2 atom stereocenters. The first-order valence-electron chi connectivity index (χ1n) is 9.97. The first-order chi connectivity index (χ1) is 13.7. The van der Waals surface area contributed by atoms with Crippen molar-refractivity contribution in [2.45, 2.75) is 42.1 Å². The maximum Gasteiger partial charge on any atom is 1.00 e. The first-order valence-corrected chi connectivity index (χ1v) is 10.8. The van der Waals surface area contributed by atoms with Gasteiger partial charge in [-0.25, -0.2) is 9.97 Å². The van der Waals surface area contributed by atoms with Crippen LogP contribution in [0.15, 0.2) is 40.5 Å². The topological polar surface area (TPSA) is 81.2 Å². The van der Waals surface area contributed by atoms with Crippen LogP contribution < -0.4 is 61.8 Å². The quantitative estimate of drug-likeness (QED) is 0.564. The predicted octanol–water partition coefficient (Wildman–Crippen LogP) is -0.323. The van der Waals surface area contributed by atoms with E-state index in [4.69, 9.17) is 0 Å². The van der Waals surface area contributed by atoms with E-state index in [-0.39, 0.29) is 57.8 Å². The Kier molecular flexibility index (Phi) is 7.00. The van der Waals surface area contributed by atoms with Gasteiger partial charge in [0.2, 0.25) is 0 Å². The summed E-state index contributed by atoms with van der Waals surface area (Å²) in [5.74, 6) is 1.19. The summed E-state index contributed by atoms with van der Waals surface area (Å²) in [4.78, 5) is 23.6. The van der Waals surface area contributed by atoms with E-state index in [0.717, 1.165) is 49.0 Å². The molecule has 146 valence electrons. The number of aromatic nitrogens is 2. The average Bonchev–Trinajstić information content (AvgIpc) is 2.66. The molecule has 2 fully saturated rings. The fourth-order valence-electron chi connectivity index (χ4n) is 5.14. The SMILES string of the molecule is O=C([O-])CC1C2CCCC1CN(Cc1ccc3c(c1)Nc1nccnc1S3)C2.[K+]. The minimum absolute atomic E-state index is 0. The number of anilines is 2. The Morgan fingerprint density at radius 1 is 1.21 bits per heavy atom. The number of fused-ring (bicyclic) bond motifs is 4. The second-order valence-electron chi connectivity index (χ2n) is 8.15. The molecule has 3 aliphatic rings. The van der Waals surface area contributed by atoms with Gasteiger partial charge in [-0.2, -0.15) is 0 Å². The van der Waals surface area contributed by atoms with E-state index in [2.05, 4.69) is 38.4 Å². The van der Waals surface area contributed by atoms with E-state index >= 15 is 0 Å². The summed E-state index contributed by atoms with van der Waals surface area (Å²) in [6.07, 6.45) is 7.16. The van der Waals surface area contributed by atoms with Crippen LogP contribution in [0, 0.1) is 17.8 Å². The van der Waals surface area contributed by atoms with Crippen molar-refractivity contribution in [3.05, 3.63) is 36.2 Å². The van der Waals surface area contributed by atoms with Crippen LogP contribution in [0.4, 0.5) is 11.5 Å². The summed E-state index contributed by atoms with van der Waals surface area (Å²) in [5.41, 5.74) is 2.36. The molecule has 2 aromatic rings. The second kappa shape index (κ2) is 9.34. The van der Waals surface area contributed by atoms with Crippen LogP contribution in [0.25, 0.3) is 0 Å². The van der Waals surface area contributed by atoms with Crippen molar-refractivity contribution in [1.29, 1.82) is 0 Å². The summed E-state index contributed by atoms with van der Waals surface area (Å²) in [6, 6.07) is 6.56. The van der Waals surface area contributed by atoms with Gasteiger partial charge in [0.25, 0.3) is 0 Å². The number of hydrogen-bond donors (Lipinski definition) is 1. The molecule has 1 saturated carbocycles. The molecule has 1 N–H and O–H groups in total. The molecule has 6 nitrogen and oxygen atoms in total. The third-order valence-electron chi connectivity index (χ3n) is 6.32. The zero-order valence-electron chi connectivity index (χ0n) is 16.6. The summed E-state index contributed by atoms with van der Waals surface area (Å²) >= 11 is 1.65. The molecule has 3 heterocycles. The maximum atomic E-state index is 11.2. The molecule has 2 aliphatic heterocycles. The molecule has 8 heteroatoms. The standard InChI is InChI=1S/C21H24N4O2S.K/c26-19(27)9-16-14-2-1-3-15(16)12-25(11-14)10-13-4-5-18-17(8-13)24-20-21(28-18)23-7-6-22-20;/h4-8,14-16H,1-3,9-12H2,(H,22,24)(H,26,27);/q;+1/p-1. The van der Waals surface area contributed by atoms with E-state index in [0.29, 0.717) is 17.8 Å². The first kappa shape index (κ1) is 21.7. The van der Waals surface area contributed by atoms with Gasteiger partial charge in [-0.05, 0) is 54.7 Å². The van der Waals surface area contributed by atoms with Gasteiger partial charge >= 0.3 is 51.4 Å². The number of benzene rings is 1. The van der Waals surface area contributed by atoms with Gasteiger partial charge in [0.1, 0.15) is 5.03 Å². The predicted molar refractivity (Wildman–Crippen MR) is 105 cm³/mol. The smallest absolute Gasteiger partial charge is 0.550 e. The van der Waals surface area contributed by atoms with Gasteiger partial charge in [0.05, 0.1) is 5.69 Å². The molecule has 2 bridgehead atoms. The maximum absolute atomic E-state index is 11.2. The number of hydrogen-bond acceptors (Lipinski definition) is 7. The number of nitrogens with one attached hydrogen (secondary N) is 1. The van der Waals surface area contributed by atoms with Crippen molar-refractivity contribution in [2.24, 2.45) is 17.8 Å². The number of carboxylic acids is 1. The monoisotopic (exact) mass is 434 g/mol. The van der Waals surface area contributed by atoms with Gasteiger partial charge in [0.15, 0.2) is 5.82 Å². The molecular weight excluding hydrogens is 411 g/mol. The fourth-order valence-corrected chi connectivity index (χ4v) is 6.02. The molecular formula is C21H23KN4O2S. The van der Waals surface area contributed by atoms with E-state index in [1.54, 1.807) is 24.2 Å². The van der Waals surface area contributed by atoms with E-state index in [9.17, 15) is 9.90 Å². The zero-order chi connectivity index (χ0) is 19.1. The fraction of sp³-hybridized carbons (Fsp3) is 0.476. The minimum atomic E-state index is -0.892. The largest absolute Gasteiger partial charge is 1.00 e. The Labute approximate surface area is 217 Å². The van der Waals surface area contributed by atoms with Crippen molar-refractivity contribution in [2.75, 3.05) is 18.4 Å². The van der Waals surface area contributed by atoms with Crippen LogP contribution in [-0.4, -0.2) is 33.9 Å². The molecule has 0 spiro atoms. The van der Waals surface area contributed by atoms with Gasteiger partial charge in [-0.3, -0.25) is 4.90 Å². The third-order valence-corrected chi connectivity index (χ3v) is 7.39. The van der Waals surface area contributed by atoms with Crippen molar-refractivity contribution >= 4 is 29.2 Å². The van der Waals surface area contributed by atoms with Gasteiger partial charge in [-0.15, -0.1) is 0 Å². The normalized spacial score (nSPS) is 25.2. The Morgan fingerprint density at radius 3 is 2.72 bits per heavy atom. The molecule has 0 amide bonds. The van der Waals surface area contributed by atoms with E-state index in [1.165, 1.54) is 16.9 Å². The summed E-state index contributed by atoms with van der Waals surface area (Å²) in [5, 5.41) is 15.5. The number of carboxylic acid groups (broad SMARTS) is 1. The Morgan fingerprint density at radius 2 is 1.97 bits per heavy atom. The molecule has 1 aliphatic carbocycles. The van der Waals surface area contributed by atoms with Gasteiger partial charge in [-0.1, -0.05) is 24.2 Å². The number of piperidine rings is 1. The number of carbonyl (C=O) groups is 1. The minimum Gasteiger partial charge on any atom is -0.550 e. The Balaban J connectivity index is 0.00000205. The third kappa shape index (κ3) is 4.73. The molecule has 1 saturated heterocycles. The Hall–Kier alpha value is -0.484. The van der Waals surface area contributed by atoms with Crippen LogP contribution >= 0.6 is 11.8 Å². The Bertz CT molecular complexity index is 898.